The predicted octanol–water partition coefficient (Wildman–Crippen LogP) is 4.35. The zero-order chi connectivity index (χ0) is 17.3. The molecule has 1 saturated heterocycles. The molecule has 0 unspecified atom stereocenters. The summed E-state index contributed by atoms with van der Waals surface area (Å²) in [5.41, 5.74) is 0.681. The van der Waals surface area contributed by atoms with Gasteiger partial charge in [0.05, 0.1) is 6.04 Å². The highest BCUT2D eigenvalue weighted by Gasteiger charge is 2.33. The van der Waals surface area contributed by atoms with Crippen molar-refractivity contribution < 1.29 is 9.53 Å². The van der Waals surface area contributed by atoms with Crippen molar-refractivity contribution >= 4 is 22.7 Å². The molecule has 1 atom stereocenters. The molecule has 0 spiro atoms. The average molecular weight is 327 g/mol. The monoisotopic (exact) mass is 327 g/mol. The van der Waals surface area contributed by atoms with Crippen LogP contribution in [0.2, 0.25) is 0 Å². The molecule has 1 fully saturated rings. The number of carbonyl (C=O) groups excluding carboxylic acids is 1. The van der Waals surface area contributed by atoms with E-state index < -0.39 is 5.60 Å². The maximum atomic E-state index is 12.5. The number of aromatic nitrogens is 1. The van der Waals surface area contributed by atoms with Gasteiger partial charge in [0.2, 0.25) is 0 Å². The molecule has 0 saturated carbocycles. The maximum absolute atomic E-state index is 12.5. The highest BCUT2D eigenvalue weighted by Crippen LogP contribution is 2.35. The number of pyridine rings is 1. The van der Waals surface area contributed by atoms with E-state index in [4.69, 9.17) is 4.74 Å². The van der Waals surface area contributed by atoms with Gasteiger partial charge in [0.15, 0.2) is 0 Å². The van der Waals surface area contributed by atoms with Gasteiger partial charge in [-0.2, -0.15) is 0 Å². The van der Waals surface area contributed by atoms with Crippen LogP contribution >= 0.6 is 0 Å². The number of carbonyl (C=O) groups is 1. The van der Waals surface area contributed by atoms with Crippen LogP contribution in [-0.2, 0) is 4.74 Å². The van der Waals surface area contributed by atoms with Gasteiger partial charge in [-0.05, 0) is 56.7 Å². The van der Waals surface area contributed by atoms with E-state index in [0.717, 1.165) is 41.5 Å². The number of hydrogen-bond donors (Lipinski definition) is 1. The number of likely N-dealkylation sites (tertiary alicyclic amines) is 1. The Morgan fingerprint density at radius 1 is 1.33 bits per heavy atom. The van der Waals surface area contributed by atoms with Gasteiger partial charge >= 0.3 is 6.09 Å². The van der Waals surface area contributed by atoms with Gasteiger partial charge in [-0.25, -0.2) is 9.78 Å². The molecule has 3 rings (SSSR count). The van der Waals surface area contributed by atoms with Crippen LogP contribution in [0.5, 0.6) is 0 Å². The number of benzene rings is 1. The molecule has 5 heteroatoms. The van der Waals surface area contributed by atoms with Gasteiger partial charge < -0.3 is 15.0 Å². The molecule has 0 radical (unpaired) electrons. The Labute approximate surface area is 143 Å². The minimum absolute atomic E-state index is 0.0791. The first-order valence-corrected chi connectivity index (χ1v) is 8.45. The first-order valence-electron chi connectivity index (χ1n) is 8.45. The van der Waals surface area contributed by atoms with Gasteiger partial charge in [-0.15, -0.1) is 0 Å². The zero-order valence-electron chi connectivity index (χ0n) is 14.8. The summed E-state index contributed by atoms with van der Waals surface area (Å²) >= 11 is 0. The largest absolute Gasteiger partial charge is 0.444 e. The fraction of sp³-hybridized carbons (Fsp3) is 0.474. The van der Waals surface area contributed by atoms with Gasteiger partial charge in [-0.1, -0.05) is 12.1 Å². The molecular formula is C19H25N3O2. The van der Waals surface area contributed by atoms with Crippen LogP contribution in [0.1, 0.15) is 45.2 Å². The summed E-state index contributed by atoms with van der Waals surface area (Å²) < 4.78 is 5.56. The van der Waals surface area contributed by atoms with E-state index in [0.29, 0.717) is 0 Å². The highest BCUT2D eigenvalue weighted by molar-refractivity contribution is 5.92. The molecule has 2 heterocycles. The standard InChI is InChI=1S/C19H25N3O2/c1-19(2,3)24-18(23)22-11-5-6-16(22)14-7-8-15-13(12-14)9-10-21-17(15)20-4/h7-10,12,16H,5-6,11H2,1-4H3,(H,20,21)/t16-/m0/s1. The second-order valence-corrected chi connectivity index (χ2v) is 7.22. The van der Waals surface area contributed by atoms with Gasteiger partial charge in [0.1, 0.15) is 11.4 Å². The van der Waals surface area contributed by atoms with E-state index in [-0.39, 0.29) is 12.1 Å². The van der Waals surface area contributed by atoms with Gasteiger partial charge in [0.25, 0.3) is 0 Å². The van der Waals surface area contributed by atoms with E-state index >= 15 is 0 Å². The van der Waals surface area contributed by atoms with Crippen molar-refractivity contribution in [2.75, 3.05) is 18.9 Å². The number of amides is 1. The Morgan fingerprint density at radius 3 is 2.83 bits per heavy atom. The van der Waals surface area contributed by atoms with Crippen LogP contribution in [0.15, 0.2) is 30.5 Å². The van der Waals surface area contributed by atoms with Crippen molar-refractivity contribution in [2.24, 2.45) is 0 Å². The van der Waals surface area contributed by atoms with E-state index in [1.165, 1.54) is 0 Å². The molecule has 24 heavy (non-hydrogen) atoms. The van der Waals surface area contributed by atoms with Crippen LogP contribution in [0.4, 0.5) is 10.6 Å². The van der Waals surface area contributed by atoms with Crippen molar-refractivity contribution in [1.82, 2.24) is 9.88 Å². The molecule has 1 aromatic carbocycles. The number of anilines is 1. The Balaban J connectivity index is 1.90. The third-order valence-corrected chi connectivity index (χ3v) is 4.29. The average Bonchev–Trinajstić information content (AvgIpc) is 3.02. The lowest BCUT2D eigenvalue weighted by Gasteiger charge is -2.29. The van der Waals surface area contributed by atoms with Crippen LogP contribution in [-0.4, -0.2) is 35.2 Å². The fourth-order valence-electron chi connectivity index (χ4n) is 3.26. The third kappa shape index (κ3) is 3.30. The lowest BCUT2D eigenvalue weighted by molar-refractivity contribution is 0.0224. The number of nitrogens with zero attached hydrogens (tertiary/aromatic N) is 2. The van der Waals surface area contributed by atoms with Crippen LogP contribution in [0.3, 0.4) is 0 Å². The lowest BCUT2D eigenvalue weighted by atomic mass is 10.0. The van der Waals surface area contributed by atoms with Crippen molar-refractivity contribution in [3.8, 4) is 0 Å². The molecule has 1 N–H and O–H groups in total. The normalized spacial score (nSPS) is 18.0. The molecule has 128 valence electrons. The van der Waals surface area contributed by atoms with E-state index in [9.17, 15) is 4.79 Å². The first kappa shape index (κ1) is 16.6. The van der Waals surface area contributed by atoms with Crippen molar-refractivity contribution in [3.05, 3.63) is 36.0 Å². The minimum atomic E-state index is -0.471. The molecule has 2 aromatic rings. The Morgan fingerprint density at radius 2 is 2.12 bits per heavy atom. The molecule has 1 aliphatic rings. The summed E-state index contributed by atoms with van der Waals surface area (Å²) in [5, 5.41) is 5.33. The Kier molecular flexibility index (Phi) is 4.35. The molecule has 1 aliphatic heterocycles. The van der Waals surface area contributed by atoms with Gasteiger partial charge in [0, 0.05) is 25.2 Å². The SMILES string of the molecule is CNc1nccc2cc([C@@H]3CCCN3C(=O)OC(C)(C)C)ccc12. The number of nitrogens with one attached hydrogen (secondary N) is 1. The number of rotatable bonds is 2. The van der Waals surface area contributed by atoms with E-state index in [2.05, 4.69) is 28.5 Å². The summed E-state index contributed by atoms with van der Waals surface area (Å²) in [5.74, 6) is 0.870. The van der Waals surface area contributed by atoms with E-state index in [1.54, 1.807) is 6.20 Å². The second-order valence-electron chi connectivity index (χ2n) is 7.22. The molecule has 0 bridgehead atoms. The summed E-state index contributed by atoms with van der Waals surface area (Å²) in [6.45, 7) is 6.45. The predicted molar refractivity (Wildman–Crippen MR) is 96.2 cm³/mol. The maximum Gasteiger partial charge on any atom is 0.410 e. The molecule has 5 nitrogen and oxygen atoms in total. The Bertz CT molecular complexity index is 752. The summed E-state index contributed by atoms with van der Waals surface area (Å²) in [4.78, 5) is 18.7. The second kappa shape index (κ2) is 6.30. The van der Waals surface area contributed by atoms with E-state index in [1.807, 2.05) is 38.8 Å². The lowest BCUT2D eigenvalue weighted by Crippen LogP contribution is -2.36. The first-order chi connectivity index (χ1) is 11.4. The van der Waals surface area contributed by atoms with Crippen molar-refractivity contribution in [2.45, 2.75) is 45.3 Å². The van der Waals surface area contributed by atoms with Crippen molar-refractivity contribution in [3.63, 3.8) is 0 Å². The molecule has 0 aliphatic carbocycles. The Hall–Kier alpha value is -2.30. The fourth-order valence-corrected chi connectivity index (χ4v) is 3.26. The topological polar surface area (TPSA) is 54.5 Å². The van der Waals surface area contributed by atoms with Crippen LogP contribution < -0.4 is 5.32 Å². The van der Waals surface area contributed by atoms with Crippen LogP contribution in [0, 0.1) is 0 Å². The molecule has 1 amide bonds. The highest BCUT2D eigenvalue weighted by atomic mass is 16.6. The molecular weight excluding hydrogens is 302 g/mol. The number of fused-ring (bicyclic) bond motifs is 1. The zero-order valence-corrected chi connectivity index (χ0v) is 14.8. The summed E-state index contributed by atoms with van der Waals surface area (Å²) in [6.07, 6.45) is 3.54. The summed E-state index contributed by atoms with van der Waals surface area (Å²) in [7, 11) is 1.87. The smallest absolute Gasteiger partial charge is 0.410 e. The third-order valence-electron chi connectivity index (χ3n) is 4.29. The quantitative estimate of drug-likeness (QED) is 0.891. The van der Waals surface area contributed by atoms with Gasteiger partial charge in [-0.3, -0.25) is 0 Å². The van der Waals surface area contributed by atoms with Crippen LogP contribution in [0.25, 0.3) is 10.8 Å². The number of hydrogen-bond acceptors (Lipinski definition) is 4. The minimum Gasteiger partial charge on any atom is -0.444 e. The summed E-state index contributed by atoms with van der Waals surface area (Å²) in [6, 6.07) is 8.42. The molecule has 1 aromatic heterocycles. The number of ether oxygens (including phenoxy) is 1. The van der Waals surface area contributed by atoms with Crippen molar-refractivity contribution in [1.29, 1.82) is 0 Å².